The second-order valence-electron chi connectivity index (χ2n) is 3.03. The molecule has 2 atom stereocenters. The first-order valence-electron chi connectivity index (χ1n) is 4.35. The first-order valence-corrected chi connectivity index (χ1v) is 4.35. The number of ether oxygens (including phenoxy) is 2. The molecule has 0 aliphatic carbocycles. The lowest BCUT2D eigenvalue weighted by atomic mass is 10.3. The van der Waals surface area contributed by atoms with Crippen LogP contribution >= 0.6 is 0 Å². The molecule has 0 aromatic carbocycles. The van der Waals surface area contributed by atoms with Crippen LogP contribution in [0.5, 0.6) is 0 Å². The second kappa shape index (κ2) is 5.16. The van der Waals surface area contributed by atoms with Crippen LogP contribution in [0.15, 0.2) is 0 Å². The number of aliphatic hydroxyl groups is 1. The van der Waals surface area contributed by atoms with Crippen molar-refractivity contribution in [2.45, 2.75) is 19.1 Å². The monoisotopic (exact) mass is 189 g/mol. The van der Waals surface area contributed by atoms with Crippen LogP contribution in [0.2, 0.25) is 0 Å². The molecule has 2 N–H and O–H groups in total. The van der Waals surface area contributed by atoms with Gasteiger partial charge in [0.05, 0.1) is 25.9 Å². The van der Waals surface area contributed by atoms with Gasteiger partial charge in [0.25, 0.3) is 5.91 Å². The molecule has 0 aromatic heterocycles. The maximum atomic E-state index is 11.3. The Kier molecular flexibility index (Phi) is 4.14. The number of rotatable bonds is 3. The van der Waals surface area contributed by atoms with Crippen LogP contribution in [-0.4, -0.2) is 49.6 Å². The molecule has 0 spiro atoms. The third-order valence-electron chi connectivity index (χ3n) is 1.68. The maximum absolute atomic E-state index is 11.3. The van der Waals surface area contributed by atoms with E-state index in [0.29, 0.717) is 19.8 Å². The molecule has 0 saturated carbocycles. The maximum Gasteiger partial charge on any atom is 0.251 e. The summed E-state index contributed by atoms with van der Waals surface area (Å²) in [5, 5.41) is 11.5. The molecule has 1 fully saturated rings. The van der Waals surface area contributed by atoms with E-state index in [1.807, 2.05) is 0 Å². The van der Waals surface area contributed by atoms with Crippen molar-refractivity contribution >= 4 is 5.91 Å². The van der Waals surface area contributed by atoms with Crippen LogP contribution < -0.4 is 5.32 Å². The summed E-state index contributed by atoms with van der Waals surface area (Å²) in [5.41, 5.74) is 0. The standard InChI is InChI=1S/C8H15NO4/c1-6(10)4-9-8(11)7-5-12-2-3-13-7/h6-7,10H,2-5H2,1H3,(H,9,11). The molecule has 1 amide bonds. The van der Waals surface area contributed by atoms with Crippen molar-refractivity contribution in [3.05, 3.63) is 0 Å². The van der Waals surface area contributed by atoms with Gasteiger partial charge in [-0.1, -0.05) is 0 Å². The molecule has 2 unspecified atom stereocenters. The molecule has 0 bridgehead atoms. The zero-order chi connectivity index (χ0) is 9.68. The van der Waals surface area contributed by atoms with E-state index in [-0.39, 0.29) is 12.5 Å². The third kappa shape index (κ3) is 3.71. The highest BCUT2D eigenvalue weighted by Gasteiger charge is 2.22. The van der Waals surface area contributed by atoms with Crippen molar-refractivity contribution < 1.29 is 19.4 Å². The lowest BCUT2D eigenvalue weighted by Gasteiger charge is -2.22. The number of carbonyl (C=O) groups excluding carboxylic acids is 1. The summed E-state index contributed by atoms with van der Waals surface area (Å²) < 4.78 is 10.2. The summed E-state index contributed by atoms with van der Waals surface area (Å²) in [6.45, 7) is 3.15. The topological polar surface area (TPSA) is 67.8 Å². The van der Waals surface area contributed by atoms with Crippen LogP contribution in [0, 0.1) is 0 Å². The Hall–Kier alpha value is -0.650. The minimum absolute atomic E-state index is 0.222. The van der Waals surface area contributed by atoms with Crippen LogP contribution in [0.1, 0.15) is 6.92 Å². The smallest absolute Gasteiger partial charge is 0.251 e. The molecule has 1 heterocycles. The van der Waals surface area contributed by atoms with Gasteiger partial charge in [-0.05, 0) is 6.92 Å². The Labute approximate surface area is 77.0 Å². The van der Waals surface area contributed by atoms with Crippen LogP contribution in [0.4, 0.5) is 0 Å². The molecule has 5 heteroatoms. The second-order valence-corrected chi connectivity index (χ2v) is 3.03. The van der Waals surface area contributed by atoms with Gasteiger partial charge in [0.2, 0.25) is 0 Å². The Morgan fingerprint density at radius 2 is 2.46 bits per heavy atom. The average molecular weight is 189 g/mol. The van der Waals surface area contributed by atoms with E-state index in [1.165, 1.54) is 0 Å². The van der Waals surface area contributed by atoms with Crippen LogP contribution in [0.3, 0.4) is 0 Å². The van der Waals surface area contributed by atoms with E-state index in [9.17, 15) is 4.79 Å². The third-order valence-corrected chi connectivity index (χ3v) is 1.68. The van der Waals surface area contributed by atoms with Gasteiger partial charge in [-0.3, -0.25) is 4.79 Å². The highest BCUT2D eigenvalue weighted by atomic mass is 16.6. The fourth-order valence-corrected chi connectivity index (χ4v) is 1.00. The van der Waals surface area contributed by atoms with Gasteiger partial charge in [-0.2, -0.15) is 0 Å². The largest absolute Gasteiger partial charge is 0.392 e. The normalized spacial score (nSPS) is 25.2. The Balaban J connectivity index is 2.21. The predicted molar refractivity (Wildman–Crippen MR) is 45.2 cm³/mol. The zero-order valence-corrected chi connectivity index (χ0v) is 7.66. The van der Waals surface area contributed by atoms with Gasteiger partial charge >= 0.3 is 0 Å². The lowest BCUT2D eigenvalue weighted by molar-refractivity contribution is -0.147. The molecule has 1 rings (SSSR count). The number of amides is 1. The minimum atomic E-state index is -0.534. The van der Waals surface area contributed by atoms with Gasteiger partial charge in [0, 0.05) is 6.54 Å². The number of aliphatic hydroxyl groups excluding tert-OH is 1. The highest BCUT2D eigenvalue weighted by Crippen LogP contribution is 2.00. The van der Waals surface area contributed by atoms with Crippen molar-refractivity contribution in [3.63, 3.8) is 0 Å². The fourth-order valence-electron chi connectivity index (χ4n) is 1.00. The van der Waals surface area contributed by atoms with Gasteiger partial charge in [0.1, 0.15) is 0 Å². The summed E-state index contributed by atoms with van der Waals surface area (Å²) in [7, 11) is 0. The molecular weight excluding hydrogens is 174 g/mol. The van der Waals surface area contributed by atoms with E-state index < -0.39 is 12.2 Å². The summed E-state index contributed by atoms with van der Waals surface area (Å²) in [6, 6.07) is 0. The number of hydrogen-bond donors (Lipinski definition) is 2. The Morgan fingerprint density at radius 3 is 3.00 bits per heavy atom. The summed E-state index contributed by atoms with van der Waals surface area (Å²) in [6.07, 6.45) is -1.05. The highest BCUT2D eigenvalue weighted by molar-refractivity contribution is 5.80. The van der Waals surface area contributed by atoms with E-state index in [1.54, 1.807) is 6.92 Å². The van der Waals surface area contributed by atoms with Gasteiger partial charge in [-0.15, -0.1) is 0 Å². The van der Waals surface area contributed by atoms with Crippen molar-refractivity contribution in [1.82, 2.24) is 5.32 Å². The van der Waals surface area contributed by atoms with Gasteiger partial charge < -0.3 is 19.9 Å². The van der Waals surface area contributed by atoms with E-state index in [4.69, 9.17) is 14.6 Å². The van der Waals surface area contributed by atoms with Crippen LogP contribution in [-0.2, 0) is 14.3 Å². The summed E-state index contributed by atoms with van der Waals surface area (Å²) in [5.74, 6) is -0.222. The molecule has 13 heavy (non-hydrogen) atoms. The van der Waals surface area contributed by atoms with Crippen LogP contribution in [0.25, 0.3) is 0 Å². The predicted octanol–water partition coefficient (Wildman–Crippen LogP) is -1.10. The van der Waals surface area contributed by atoms with Gasteiger partial charge in [0.15, 0.2) is 6.10 Å². The molecule has 0 aromatic rings. The van der Waals surface area contributed by atoms with Crippen molar-refractivity contribution in [2.75, 3.05) is 26.4 Å². The fraction of sp³-hybridized carbons (Fsp3) is 0.875. The molecule has 1 aliphatic heterocycles. The van der Waals surface area contributed by atoms with E-state index in [2.05, 4.69) is 5.32 Å². The lowest BCUT2D eigenvalue weighted by Crippen LogP contribution is -2.44. The average Bonchev–Trinajstić information content (AvgIpc) is 2.15. The number of nitrogens with one attached hydrogen (secondary N) is 1. The van der Waals surface area contributed by atoms with Gasteiger partial charge in [-0.25, -0.2) is 0 Å². The summed E-state index contributed by atoms with van der Waals surface area (Å²) >= 11 is 0. The van der Waals surface area contributed by atoms with Crippen molar-refractivity contribution in [2.24, 2.45) is 0 Å². The SMILES string of the molecule is CC(O)CNC(=O)C1COCCO1. The number of hydrogen-bond acceptors (Lipinski definition) is 4. The first kappa shape index (κ1) is 10.4. The molecule has 76 valence electrons. The van der Waals surface area contributed by atoms with Crippen molar-refractivity contribution in [1.29, 1.82) is 0 Å². The van der Waals surface area contributed by atoms with E-state index in [0.717, 1.165) is 0 Å². The molecule has 5 nitrogen and oxygen atoms in total. The molecule has 0 radical (unpaired) electrons. The molecule has 1 aliphatic rings. The first-order chi connectivity index (χ1) is 6.20. The molecular formula is C8H15NO4. The quantitative estimate of drug-likeness (QED) is 0.591. The number of carbonyl (C=O) groups is 1. The molecule has 1 saturated heterocycles. The van der Waals surface area contributed by atoms with Crippen molar-refractivity contribution in [3.8, 4) is 0 Å². The van der Waals surface area contributed by atoms with E-state index >= 15 is 0 Å². The zero-order valence-electron chi connectivity index (χ0n) is 7.66. The Bertz CT molecular complexity index is 166. The summed E-state index contributed by atoms with van der Waals surface area (Å²) in [4.78, 5) is 11.3. The minimum Gasteiger partial charge on any atom is -0.392 e. The Morgan fingerprint density at radius 1 is 1.69 bits per heavy atom.